The predicted molar refractivity (Wildman–Crippen MR) is 96.1 cm³/mol. The summed E-state index contributed by atoms with van der Waals surface area (Å²) in [4.78, 5) is 25.2. The van der Waals surface area contributed by atoms with E-state index in [-0.39, 0.29) is 24.0 Å². The molecule has 0 aromatic heterocycles. The summed E-state index contributed by atoms with van der Waals surface area (Å²) < 4.78 is 34.0. The second-order valence-electron chi connectivity index (χ2n) is 5.86. The number of amides is 1. The number of carbonyl (C=O) groups excluding carboxylic acids is 2. The number of likely N-dealkylation sites (N-methyl/N-ethyl adjacent to an activating group) is 1. The summed E-state index contributed by atoms with van der Waals surface area (Å²) in [6.07, 6.45) is 0.429. The van der Waals surface area contributed by atoms with E-state index in [0.29, 0.717) is 24.3 Å². The number of benzene rings is 2. The van der Waals surface area contributed by atoms with E-state index in [1.165, 1.54) is 17.0 Å². The third-order valence-corrected chi connectivity index (χ3v) is 3.85. The van der Waals surface area contributed by atoms with Crippen molar-refractivity contribution < 1.29 is 27.8 Å². The fourth-order valence-electron chi connectivity index (χ4n) is 2.33. The molecule has 1 amide bonds. The van der Waals surface area contributed by atoms with Crippen molar-refractivity contribution in [2.45, 2.75) is 26.5 Å². The standard InChI is InChI=1S/C20H21F2NO4/c1-3-18(24)15-6-10-16(11-7-15)26-13-19(25)23(2)12-14-4-8-17(9-5-14)27-20(21)22/h4-11,20H,3,12-13H2,1-2H3. The molecule has 0 unspecified atom stereocenters. The van der Waals surface area contributed by atoms with E-state index in [9.17, 15) is 18.4 Å². The average Bonchev–Trinajstić information content (AvgIpc) is 2.67. The number of hydrogen-bond acceptors (Lipinski definition) is 4. The first-order valence-electron chi connectivity index (χ1n) is 8.42. The SMILES string of the molecule is CCC(=O)c1ccc(OCC(=O)N(C)Cc2ccc(OC(F)F)cc2)cc1. The largest absolute Gasteiger partial charge is 0.484 e. The molecule has 0 atom stereocenters. The van der Waals surface area contributed by atoms with Gasteiger partial charge in [0.05, 0.1) is 0 Å². The highest BCUT2D eigenvalue weighted by Gasteiger charge is 2.11. The Morgan fingerprint density at radius 3 is 2.15 bits per heavy atom. The smallest absolute Gasteiger partial charge is 0.387 e. The van der Waals surface area contributed by atoms with Gasteiger partial charge in [-0.05, 0) is 42.0 Å². The highest BCUT2D eigenvalue weighted by atomic mass is 19.3. The van der Waals surface area contributed by atoms with Gasteiger partial charge in [0, 0.05) is 25.6 Å². The van der Waals surface area contributed by atoms with Gasteiger partial charge in [-0.15, -0.1) is 0 Å². The number of ether oxygens (including phenoxy) is 2. The van der Waals surface area contributed by atoms with Gasteiger partial charge in [0.25, 0.3) is 5.91 Å². The van der Waals surface area contributed by atoms with E-state index in [1.54, 1.807) is 50.4 Å². The number of halogens is 2. The van der Waals surface area contributed by atoms with Gasteiger partial charge in [0.1, 0.15) is 11.5 Å². The summed E-state index contributed by atoms with van der Waals surface area (Å²) in [5.41, 5.74) is 1.38. The lowest BCUT2D eigenvalue weighted by Gasteiger charge is -2.18. The second-order valence-corrected chi connectivity index (χ2v) is 5.86. The fourth-order valence-corrected chi connectivity index (χ4v) is 2.33. The lowest BCUT2D eigenvalue weighted by atomic mass is 10.1. The summed E-state index contributed by atoms with van der Waals surface area (Å²) >= 11 is 0. The number of alkyl halides is 2. The molecule has 0 spiro atoms. The molecule has 27 heavy (non-hydrogen) atoms. The molecule has 0 aliphatic heterocycles. The summed E-state index contributed by atoms with van der Waals surface area (Å²) in [6.45, 7) is -0.919. The van der Waals surface area contributed by atoms with Crippen molar-refractivity contribution in [1.29, 1.82) is 0 Å². The van der Waals surface area contributed by atoms with Gasteiger partial charge >= 0.3 is 6.61 Å². The first-order chi connectivity index (χ1) is 12.9. The first-order valence-corrected chi connectivity index (χ1v) is 8.42. The Kier molecular flexibility index (Phi) is 7.28. The van der Waals surface area contributed by atoms with Gasteiger partial charge in [-0.25, -0.2) is 0 Å². The molecular weight excluding hydrogens is 356 g/mol. The van der Waals surface area contributed by atoms with Gasteiger partial charge in [-0.2, -0.15) is 8.78 Å². The van der Waals surface area contributed by atoms with Crippen LogP contribution in [0, 0.1) is 0 Å². The molecule has 0 radical (unpaired) electrons. The van der Waals surface area contributed by atoms with E-state index in [1.807, 2.05) is 0 Å². The van der Waals surface area contributed by atoms with E-state index in [0.717, 1.165) is 5.56 Å². The van der Waals surface area contributed by atoms with Crippen LogP contribution in [0.1, 0.15) is 29.3 Å². The van der Waals surface area contributed by atoms with Crippen molar-refractivity contribution >= 4 is 11.7 Å². The molecule has 0 aliphatic carbocycles. The Hall–Kier alpha value is -2.96. The number of hydrogen-bond donors (Lipinski definition) is 0. The molecule has 0 fully saturated rings. The maximum absolute atomic E-state index is 12.2. The van der Waals surface area contributed by atoms with Crippen molar-refractivity contribution in [3.05, 3.63) is 59.7 Å². The zero-order valence-electron chi connectivity index (χ0n) is 15.2. The number of Topliss-reactive ketones (excluding diaryl/α,β-unsaturated/α-hetero) is 1. The third kappa shape index (κ3) is 6.36. The van der Waals surface area contributed by atoms with Gasteiger partial charge in [0.15, 0.2) is 12.4 Å². The number of carbonyl (C=O) groups is 2. The maximum atomic E-state index is 12.2. The molecule has 0 saturated heterocycles. The number of ketones is 1. The minimum Gasteiger partial charge on any atom is -0.484 e. The number of rotatable bonds is 9. The molecule has 7 heteroatoms. The van der Waals surface area contributed by atoms with Gasteiger partial charge in [0.2, 0.25) is 0 Å². The Bertz CT molecular complexity index is 761. The van der Waals surface area contributed by atoms with Crippen LogP contribution in [-0.2, 0) is 11.3 Å². The van der Waals surface area contributed by atoms with E-state index in [2.05, 4.69) is 4.74 Å². The van der Waals surface area contributed by atoms with Gasteiger partial charge < -0.3 is 14.4 Å². The molecule has 0 aliphatic rings. The monoisotopic (exact) mass is 377 g/mol. The quantitative estimate of drug-likeness (QED) is 0.622. The van der Waals surface area contributed by atoms with Crippen molar-refractivity contribution in [2.75, 3.05) is 13.7 Å². The van der Waals surface area contributed by atoms with Crippen LogP contribution in [0.2, 0.25) is 0 Å². The first kappa shape index (κ1) is 20.4. The van der Waals surface area contributed by atoms with Crippen LogP contribution >= 0.6 is 0 Å². The highest BCUT2D eigenvalue weighted by Crippen LogP contribution is 2.16. The molecule has 5 nitrogen and oxygen atoms in total. The Morgan fingerprint density at radius 1 is 1.00 bits per heavy atom. The summed E-state index contributed by atoms with van der Waals surface area (Å²) in [5.74, 6) is 0.368. The van der Waals surface area contributed by atoms with Crippen LogP contribution in [0.25, 0.3) is 0 Å². The molecule has 2 aromatic rings. The van der Waals surface area contributed by atoms with E-state index in [4.69, 9.17) is 4.74 Å². The van der Waals surface area contributed by atoms with Crippen LogP contribution in [0.4, 0.5) is 8.78 Å². The molecule has 2 rings (SSSR count). The van der Waals surface area contributed by atoms with Crippen molar-refractivity contribution in [3.8, 4) is 11.5 Å². The molecule has 0 saturated carbocycles. The molecule has 2 aromatic carbocycles. The highest BCUT2D eigenvalue weighted by molar-refractivity contribution is 5.95. The number of nitrogens with zero attached hydrogens (tertiary/aromatic N) is 1. The maximum Gasteiger partial charge on any atom is 0.387 e. The van der Waals surface area contributed by atoms with Crippen molar-refractivity contribution in [1.82, 2.24) is 4.90 Å². The average molecular weight is 377 g/mol. The zero-order chi connectivity index (χ0) is 19.8. The minimum atomic E-state index is -2.87. The van der Waals surface area contributed by atoms with E-state index >= 15 is 0 Å². The van der Waals surface area contributed by atoms with Crippen LogP contribution in [0.5, 0.6) is 11.5 Å². The Labute approximate surface area is 156 Å². The van der Waals surface area contributed by atoms with Crippen LogP contribution in [0.15, 0.2) is 48.5 Å². The van der Waals surface area contributed by atoms with Gasteiger partial charge in [-0.3, -0.25) is 9.59 Å². The normalized spacial score (nSPS) is 10.6. The third-order valence-electron chi connectivity index (χ3n) is 3.85. The van der Waals surface area contributed by atoms with Crippen molar-refractivity contribution in [2.24, 2.45) is 0 Å². The molecule has 0 N–H and O–H groups in total. The fraction of sp³-hybridized carbons (Fsp3) is 0.300. The molecule has 0 bridgehead atoms. The summed E-state index contributed by atoms with van der Waals surface area (Å²) in [5, 5.41) is 0. The Morgan fingerprint density at radius 2 is 1.59 bits per heavy atom. The van der Waals surface area contributed by atoms with Crippen LogP contribution < -0.4 is 9.47 Å². The lowest BCUT2D eigenvalue weighted by molar-refractivity contribution is -0.132. The van der Waals surface area contributed by atoms with Gasteiger partial charge in [-0.1, -0.05) is 19.1 Å². The minimum absolute atomic E-state index is 0.0438. The summed E-state index contributed by atoms with van der Waals surface area (Å²) in [6, 6.07) is 12.7. The molecule has 144 valence electrons. The predicted octanol–water partition coefficient (Wildman–Crippen LogP) is 3.92. The lowest BCUT2D eigenvalue weighted by Crippen LogP contribution is -2.30. The van der Waals surface area contributed by atoms with E-state index < -0.39 is 6.61 Å². The molecular formula is C20H21F2NO4. The van der Waals surface area contributed by atoms with Crippen LogP contribution in [-0.4, -0.2) is 36.9 Å². The Balaban J connectivity index is 1.83. The zero-order valence-corrected chi connectivity index (χ0v) is 15.2. The second kappa shape index (κ2) is 9.66. The summed E-state index contributed by atoms with van der Waals surface area (Å²) in [7, 11) is 1.62. The topological polar surface area (TPSA) is 55.8 Å². The van der Waals surface area contributed by atoms with Crippen molar-refractivity contribution in [3.63, 3.8) is 0 Å². The molecule has 0 heterocycles. The van der Waals surface area contributed by atoms with Crippen LogP contribution in [0.3, 0.4) is 0 Å².